The van der Waals surface area contributed by atoms with E-state index in [-0.39, 0.29) is 10.5 Å². The third-order valence-corrected chi connectivity index (χ3v) is 4.21. The fourth-order valence-electron chi connectivity index (χ4n) is 1.55. The molecule has 110 valence electrons. The monoisotopic (exact) mass is 329 g/mol. The second-order valence-electron chi connectivity index (χ2n) is 4.06. The number of carboxylic acids is 1. The van der Waals surface area contributed by atoms with Crippen molar-refractivity contribution < 1.29 is 22.7 Å². The normalized spacial score (nSPS) is 11.1. The molecule has 0 fully saturated rings. The molecule has 0 saturated heterocycles. The SMILES string of the molecule is O=C(O)c1ccc(F)c(NS(=O)(=O)c2ccc(Cl)cc2)c1. The summed E-state index contributed by atoms with van der Waals surface area (Å²) in [5, 5.41) is 9.19. The topological polar surface area (TPSA) is 83.5 Å². The Bertz CT molecular complexity index is 790. The van der Waals surface area contributed by atoms with Crippen molar-refractivity contribution in [3.63, 3.8) is 0 Å². The molecule has 2 aromatic rings. The zero-order valence-corrected chi connectivity index (χ0v) is 12.0. The van der Waals surface area contributed by atoms with E-state index in [4.69, 9.17) is 16.7 Å². The van der Waals surface area contributed by atoms with Crippen LogP contribution in [0, 0.1) is 5.82 Å². The summed E-state index contributed by atoms with van der Waals surface area (Å²) >= 11 is 5.66. The lowest BCUT2D eigenvalue weighted by atomic mass is 10.2. The summed E-state index contributed by atoms with van der Waals surface area (Å²) in [5.74, 6) is -2.17. The fourth-order valence-corrected chi connectivity index (χ4v) is 2.74. The van der Waals surface area contributed by atoms with Crippen molar-refractivity contribution in [2.45, 2.75) is 4.90 Å². The van der Waals surface area contributed by atoms with E-state index >= 15 is 0 Å². The first kappa shape index (κ1) is 15.3. The van der Waals surface area contributed by atoms with Crippen LogP contribution in [-0.2, 0) is 10.0 Å². The summed E-state index contributed by atoms with van der Waals surface area (Å²) < 4.78 is 39.8. The number of hydrogen-bond acceptors (Lipinski definition) is 3. The maximum atomic E-state index is 13.6. The number of sulfonamides is 1. The van der Waals surface area contributed by atoms with Gasteiger partial charge in [-0.1, -0.05) is 11.6 Å². The van der Waals surface area contributed by atoms with E-state index in [0.717, 1.165) is 18.2 Å². The van der Waals surface area contributed by atoms with E-state index in [9.17, 15) is 17.6 Å². The molecule has 0 aromatic heterocycles. The summed E-state index contributed by atoms with van der Waals surface area (Å²) in [6.45, 7) is 0. The standard InChI is InChI=1S/C13H9ClFNO4S/c14-9-2-4-10(5-3-9)21(19,20)16-12-7-8(13(17)18)1-6-11(12)15/h1-7,16H,(H,17,18). The van der Waals surface area contributed by atoms with Gasteiger partial charge in [0.15, 0.2) is 0 Å². The molecule has 0 amide bonds. The predicted molar refractivity (Wildman–Crippen MR) is 75.6 cm³/mol. The van der Waals surface area contributed by atoms with Gasteiger partial charge in [-0.2, -0.15) is 0 Å². The number of rotatable bonds is 4. The minimum Gasteiger partial charge on any atom is -0.478 e. The highest BCUT2D eigenvalue weighted by Gasteiger charge is 2.17. The average Bonchev–Trinajstić information content (AvgIpc) is 2.41. The van der Waals surface area contributed by atoms with Crippen molar-refractivity contribution >= 4 is 33.3 Å². The first-order valence-corrected chi connectivity index (χ1v) is 7.47. The molecule has 2 N–H and O–H groups in total. The van der Waals surface area contributed by atoms with Gasteiger partial charge in [-0.05, 0) is 42.5 Å². The molecule has 8 heteroatoms. The lowest BCUT2D eigenvalue weighted by molar-refractivity contribution is 0.0697. The summed E-state index contributed by atoms with van der Waals surface area (Å²) in [7, 11) is -4.04. The Morgan fingerprint density at radius 1 is 1.14 bits per heavy atom. The van der Waals surface area contributed by atoms with Gasteiger partial charge in [-0.3, -0.25) is 4.72 Å². The van der Waals surface area contributed by atoms with Crippen LogP contribution in [0.1, 0.15) is 10.4 Å². The predicted octanol–water partition coefficient (Wildman–Crippen LogP) is 2.98. The van der Waals surface area contributed by atoms with E-state index in [1.807, 2.05) is 4.72 Å². The molecule has 21 heavy (non-hydrogen) atoms. The number of nitrogens with one attached hydrogen (secondary N) is 1. The molecule has 0 radical (unpaired) electrons. The molecule has 0 atom stereocenters. The van der Waals surface area contributed by atoms with Crippen LogP contribution in [0.15, 0.2) is 47.4 Å². The molecule has 0 unspecified atom stereocenters. The van der Waals surface area contributed by atoms with Gasteiger partial charge in [0.05, 0.1) is 16.1 Å². The van der Waals surface area contributed by atoms with Crippen LogP contribution in [-0.4, -0.2) is 19.5 Å². The Morgan fingerprint density at radius 3 is 2.33 bits per heavy atom. The molecule has 0 aliphatic rings. The second-order valence-corrected chi connectivity index (χ2v) is 6.18. The molecule has 0 aliphatic carbocycles. The molecule has 0 bridgehead atoms. The zero-order valence-electron chi connectivity index (χ0n) is 10.4. The quantitative estimate of drug-likeness (QED) is 0.903. The van der Waals surface area contributed by atoms with E-state index in [2.05, 4.69) is 0 Å². The van der Waals surface area contributed by atoms with Gasteiger partial charge in [0.25, 0.3) is 10.0 Å². The highest BCUT2D eigenvalue weighted by atomic mass is 35.5. The van der Waals surface area contributed by atoms with E-state index in [0.29, 0.717) is 5.02 Å². The van der Waals surface area contributed by atoms with Gasteiger partial charge in [0, 0.05) is 5.02 Å². The second kappa shape index (κ2) is 5.71. The molecule has 0 saturated carbocycles. The maximum Gasteiger partial charge on any atom is 0.335 e. The van der Waals surface area contributed by atoms with Gasteiger partial charge in [-0.25, -0.2) is 17.6 Å². The molecular weight excluding hydrogens is 321 g/mol. The third kappa shape index (κ3) is 3.50. The largest absolute Gasteiger partial charge is 0.478 e. The van der Waals surface area contributed by atoms with Crippen LogP contribution in [0.5, 0.6) is 0 Å². The van der Waals surface area contributed by atoms with Crippen molar-refractivity contribution in [2.24, 2.45) is 0 Å². The minimum absolute atomic E-state index is 0.118. The summed E-state index contributed by atoms with van der Waals surface area (Å²) in [5.41, 5.74) is -0.671. The maximum absolute atomic E-state index is 13.6. The number of carbonyl (C=O) groups is 1. The van der Waals surface area contributed by atoms with Crippen molar-refractivity contribution in [1.82, 2.24) is 0 Å². The van der Waals surface area contributed by atoms with Crippen molar-refractivity contribution in [3.05, 3.63) is 58.9 Å². The number of hydrogen-bond donors (Lipinski definition) is 2. The third-order valence-electron chi connectivity index (χ3n) is 2.58. The Balaban J connectivity index is 2.38. The lowest BCUT2D eigenvalue weighted by Gasteiger charge is -2.09. The first-order chi connectivity index (χ1) is 9.79. The van der Waals surface area contributed by atoms with Crippen molar-refractivity contribution in [1.29, 1.82) is 0 Å². The first-order valence-electron chi connectivity index (χ1n) is 5.61. The summed E-state index contributed by atoms with van der Waals surface area (Å²) in [6.07, 6.45) is 0. The van der Waals surface area contributed by atoms with Crippen LogP contribution in [0.3, 0.4) is 0 Å². The smallest absolute Gasteiger partial charge is 0.335 e. The van der Waals surface area contributed by atoms with Gasteiger partial charge in [0.1, 0.15) is 5.82 Å². The van der Waals surface area contributed by atoms with Gasteiger partial charge < -0.3 is 5.11 Å². The Kier molecular flexibility index (Phi) is 4.15. The number of halogens is 2. The van der Waals surface area contributed by atoms with Gasteiger partial charge >= 0.3 is 5.97 Å². The van der Waals surface area contributed by atoms with E-state index < -0.39 is 27.5 Å². The molecule has 2 rings (SSSR count). The zero-order chi connectivity index (χ0) is 15.6. The van der Waals surface area contributed by atoms with Crippen LogP contribution in [0.4, 0.5) is 10.1 Å². The van der Waals surface area contributed by atoms with E-state index in [1.54, 1.807) is 0 Å². The minimum atomic E-state index is -4.04. The number of anilines is 1. The highest BCUT2D eigenvalue weighted by Crippen LogP contribution is 2.21. The fraction of sp³-hybridized carbons (Fsp3) is 0. The molecule has 0 aliphatic heterocycles. The summed E-state index contributed by atoms with van der Waals surface area (Å²) in [4.78, 5) is 10.7. The molecular formula is C13H9ClFNO4S. The summed E-state index contributed by atoms with van der Waals surface area (Å²) in [6, 6.07) is 8.08. The number of aromatic carboxylic acids is 1. The van der Waals surface area contributed by atoms with Crippen molar-refractivity contribution in [2.75, 3.05) is 4.72 Å². The molecule has 2 aromatic carbocycles. The molecule has 5 nitrogen and oxygen atoms in total. The Labute approximate surface area is 125 Å². The number of benzene rings is 2. The molecule has 0 heterocycles. The van der Waals surface area contributed by atoms with Crippen LogP contribution < -0.4 is 4.72 Å². The van der Waals surface area contributed by atoms with Crippen LogP contribution in [0.2, 0.25) is 5.02 Å². The van der Waals surface area contributed by atoms with Crippen molar-refractivity contribution in [3.8, 4) is 0 Å². The van der Waals surface area contributed by atoms with E-state index in [1.165, 1.54) is 24.3 Å². The Morgan fingerprint density at radius 2 is 1.76 bits per heavy atom. The number of carboxylic acid groups (broad SMARTS) is 1. The van der Waals surface area contributed by atoms with Crippen LogP contribution in [0.25, 0.3) is 0 Å². The van der Waals surface area contributed by atoms with Crippen LogP contribution >= 0.6 is 11.6 Å². The van der Waals surface area contributed by atoms with Gasteiger partial charge in [-0.15, -0.1) is 0 Å². The molecule has 0 spiro atoms. The average molecular weight is 330 g/mol. The Hall–Kier alpha value is -2.12. The highest BCUT2D eigenvalue weighted by molar-refractivity contribution is 7.92. The lowest BCUT2D eigenvalue weighted by Crippen LogP contribution is -2.14. The van der Waals surface area contributed by atoms with Gasteiger partial charge in [0.2, 0.25) is 0 Å².